The Morgan fingerprint density at radius 1 is 1.16 bits per heavy atom. The van der Waals surface area contributed by atoms with Crippen LogP contribution >= 0.6 is 0 Å². The van der Waals surface area contributed by atoms with Crippen molar-refractivity contribution in [3.05, 3.63) is 0 Å². The predicted molar refractivity (Wildman–Crippen MR) is 70.4 cm³/mol. The van der Waals surface area contributed by atoms with Gasteiger partial charge in [-0.15, -0.1) is 0 Å². The minimum absolute atomic E-state index is 0.149. The van der Waals surface area contributed by atoms with E-state index in [1.807, 2.05) is 0 Å². The molecule has 6 nitrogen and oxygen atoms in total. The fraction of sp³-hybridized carbons (Fsp3) is 1.00. The van der Waals surface area contributed by atoms with Crippen molar-refractivity contribution < 1.29 is 23.0 Å². The molecule has 112 valence electrons. The molecule has 2 aliphatic rings. The van der Waals surface area contributed by atoms with Gasteiger partial charge in [0.05, 0.1) is 10.9 Å². The first kappa shape index (κ1) is 15.2. The minimum Gasteiger partial charge on any atom is -0.388 e. The largest absolute Gasteiger partial charge is 0.388 e. The molecule has 0 bridgehead atoms. The number of nitrogens with zero attached hydrogens (tertiary/aromatic N) is 1. The number of aliphatic hydroxyl groups is 1. The first-order valence-electron chi connectivity index (χ1n) is 6.77. The number of ether oxygens (including phenoxy) is 2. The summed E-state index contributed by atoms with van der Waals surface area (Å²) in [6, 6.07) is 0. The van der Waals surface area contributed by atoms with Crippen LogP contribution in [0.5, 0.6) is 0 Å². The lowest BCUT2D eigenvalue weighted by Gasteiger charge is -2.36. The summed E-state index contributed by atoms with van der Waals surface area (Å²) in [4.78, 5) is 0. The molecule has 0 aromatic carbocycles. The zero-order valence-corrected chi connectivity index (χ0v) is 12.2. The monoisotopic (exact) mass is 293 g/mol. The number of sulfonamides is 1. The van der Waals surface area contributed by atoms with Crippen LogP contribution in [0.15, 0.2) is 0 Å². The van der Waals surface area contributed by atoms with Gasteiger partial charge in [0.1, 0.15) is 0 Å². The van der Waals surface area contributed by atoms with E-state index >= 15 is 0 Å². The zero-order chi connectivity index (χ0) is 13.9. The van der Waals surface area contributed by atoms with Crippen molar-refractivity contribution in [1.82, 2.24) is 4.31 Å². The number of hydrogen-bond donors (Lipinski definition) is 1. The van der Waals surface area contributed by atoms with E-state index in [1.165, 1.54) is 4.31 Å². The molecular weight excluding hydrogens is 270 g/mol. The molecule has 2 heterocycles. The lowest BCUT2D eigenvalue weighted by Crippen LogP contribution is -2.49. The summed E-state index contributed by atoms with van der Waals surface area (Å²) in [6.45, 7) is 2.12. The summed E-state index contributed by atoms with van der Waals surface area (Å²) in [5.74, 6) is 0. The summed E-state index contributed by atoms with van der Waals surface area (Å²) < 4.78 is 36.6. The van der Waals surface area contributed by atoms with Gasteiger partial charge in [0.25, 0.3) is 0 Å². The van der Waals surface area contributed by atoms with Gasteiger partial charge in [0.2, 0.25) is 10.0 Å². The first-order chi connectivity index (χ1) is 8.94. The molecule has 1 N–H and O–H groups in total. The van der Waals surface area contributed by atoms with Crippen molar-refractivity contribution in [3.63, 3.8) is 0 Å². The van der Waals surface area contributed by atoms with Gasteiger partial charge in [-0.25, -0.2) is 12.7 Å². The molecule has 2 aliphatic heterocycles. The summed E-state index contributed by atoms with van der Waals surface area (Å²) in [6.07, 6.45) is 2.05. The Hall–Kier alpha value is -0.210. The van der Waals surface area contributed by atoms with Crippen molar-refractivity contribution >= 4 is 10.0 Å². The van der Waals surface area contributed by atoms with E-state index in [2.05, 4.69) is 0 Å². The van der Waals surface area contributed by atoms with Crippen molar-refractivity contribution in [1.29, 1.82) is 0 Å². The highest BCUT2D eigenvalue weighted by molar-refractivity contribution is 7.89. The molecular formula is C12H23NO5S. The molecule has 7 heteroatoms. The minimum atomic E-state index is -3.35. The van der Waals surface area contributed by atoms with E-state index in [0.717, 1.165) is 0 Å². The highest BCUT2D eigenvalue weighted by Crippen LogP contribution is 2.25. The predicted octanol–water partition coefficient (Wildman–Crippen LogP) is -0.0315. The normalized spacial score (nSPS) is 25.6. The summed E-state index contributed by atoms with van der Waals surface area (Å²) in [5.41, 5.74) is -0.953. The maximum Gasteiger partial charge on any atom is 0.217 e. The van der Waals surface area contributed by atoms with Gasteiger partial charge in [-0.2, -0.15) is 0 Å². The fourth-order valence-electron chi connectivity index (χ4n) is 2.64. The van der Waals surface area contributed by atoms with Crippen LogP contribution < -0.4 is 0 Å². The van der Waals surface area contributed by atoms with Crippen LogP contribution in [-0.2, 0) is 19.5 Å². The number of hydrogen-bond acceptors (Lipinski definition) is 5. The zero-order valence-electron chi connectivity index (χ0n) is 11.4. The Bertz CT molecular complexity index is 385. The van der Waals surface area contributed by atoms with Crippen molar-refractivity contribution in [2.24, 2.45) is 0 Å². The molecule has 0 spiro atoms. The number of rotatable bonds is 4. The Labute approximate surface area is 114 Å². The molecule has 0 atom stereocenters. The third kappa shape index (κ3) is 3.66. The second-order valence-electron chi connectivity index (χ2n) is 5.45. The summed E-state index contributed by atoms with van der Waals surface area (Å²) in [7, 11) is -1.79. The average molecular weight is 293 g/mol. The van der Waals surface area contributed by atoms with Crippen LogP contribution in [0.3, 0.4) is 0 Å². The second kappa shape index (κ2) is 6.05. The van der Waals surface area contributed by atoms with E-state index in [4.69, 9.17) is 9.47 Å². The van der Waals surface area contributed by atoms with Crippen LogP contribution in [0.25, 0.3) is 0 Å². The van der Waals surface area contributed by atoms with Crippen molar-refractivity contribution in [2.75, 3.05) is 40.0 Å². The third-order valence-corrected chi connectivity index (χ3v) is 6.28. The van der Waals surface area contributed by atoms with Gasteiger partial charge < -0.3 is 14.6 Å². The Morgan fingerprint density at radius 2 is 1.68 bits per heavy atom. The van der Waals surface area contributed by atoms with E-state index in [0.29, 0.717) is 52.1 Å². The highest BCUT2D eigenvalue weighted by atomic mass is 32.2. The smallest absolute Gasteiger partial charge is 0.217 e. The lowest BCUT2D eigenvalue weighted by atomic mass is 9.95. The quantitative estimate of drug-likeness (QED) is 0.787. The van der Waals surface area contributed by atoms with Crippen LogP contribution in [0.2, 0.25) is 0 Å². The Morgan fingerprint density at radius 3 is 2.26 bits per heavy atom. The molecule has 0 aromatic heterocycles. The average Bonchev–Trinajstić information content (AvgIpc) is 2.40. The standard InChI is InChI=1S/C12H23NO5S/c1-13(10-12(14)4-8-18-9-5-12)19(15,16)11-2-6-17-7-3-11/h11,14H,2-10H2,1H3. The summed E-state index contributed by atoms with van der Waals surface area (Å²) in [5, 5.41) is 10.0. The van der Waals surface area contributed by atoms with E-state index in [-0.39, 0.29) is 11.8 Å². The van der Waals surface area contributed by atoms with Gasteiger partial charge >= 0.3 is 0 Å². The second-order valence-corrected chi connectivity index (χ2v) is 7.77. The van der Waals surface area contributed by atoms with Gasteiger partial charge in [-0.05, 0) is 12.8 Å². The van der Waals surface area contributed by atoms with E-state index < -0.39 is 15.6 Å². The molecule has 0 amide bonds. The van der Waals surface area contributed by atoms with Crippen LogP contribution in [0.1, 0.15) is 25.7 Å². The van der Waals surface area contributed by atoms with Gasteiger partial charge in [0.15, 0.2) is 0 Å². The van der Waals surface area contributed by atoms with Crippen LogP contribution in [-0.4, -0.2) is 68.7 Å². The highest BCUT2D eigenvalue weighted by Gasteiger charge is 2.37. The fourth-order valence-corrected chi connectivity index (χ4v) is 4.36. The van der Waals surface area contributed by atoms with Gasteiger partial charge in [-0.1, -0.05) is 0 Å². The SMILES string of the molecule is CN(CC1(O)CCOCC1)S(=O)(=O)C1CCOCC1. The molecule has 0 aromatic rings. The molecule has 0 unspecified atom stereocenters. The summed E-state index contributed by atoms with van der Waals surface area (Å²) >= 11 is 0. The van der Waals surface area contributed by atoms with Crippen LogP contribution in [0, 0.1) is 0 Å². The Kier molecular flexibility index (Phi) is 4.84. The lowest BCUT2D eigenvalue weighted by molar-refractivity contribution is -0.0690. The maximum absolute atomic E-state index is 12.4. The van der Waals surface area contributed by atoms with E-state index in [1.54, 1.807) is 7.05 Å². The van der Waals surface area contributed by atoms with Gasteiger partial charge in [-0.3, -0.25) is 0 Å². The van der Waals surface area contributed by atoms with Crippen LogP contribution in [0.4, 0.5) is 0 Å². The molecule has 2 fully saturated rings. The maximum atomic E-state index is 12.4. The number of likely N-dealkylation sites (N-methyl/N-ethyl adjacent to an activating group) is 1. The molecule has 2 saturated heterocycles. The third-order valence-electron chi connectivity index (χ3n) is 3.96. The molecule has 0 radical (unpaired) electrons. The molecule has 19 heavy (non-hydrogen) atoms. The molecule has 0 aliphatic carbocycles. The first-order valence-corrected chi connectivity index (χ1v) is 8.27. The topological polar surface area (TPSA) is 76.1 Å². The van der Waals surface area contributed by atoms with Gasteiger partial charge in [0, 0.05) is 52.9 Å². The Balaban J connectivity index is 1.99. The van der Waals surface area contributed by atoms with E-state index in [9.17, 15) is 13.5 Å². The molecule has 2 rings (SSSR count). The van der Waals surface area contributed by atoms with Crippen molar-refractivity contribution in [3.8, 4) is 0 Å². The molecule has 0 saturated carbocycles. The van der Waals surface area contributed by atoms with Crippen molar-refractivity contribution in [2.45, 2.75) is 36.5 Å².